The number of anilines is 1. The molecule has 1 fully saturated rings. The van der Waals surface area contributed by atoms with E-state index in [2.05, 4.69) is 5.32 Å². The Morgan fingerprint density at radius 3 is 2.46 bits per heavy atom. The molecule has 5 nitrogen and oxygen atoms in total. The highest BCUT2D eigenvalue weighted by Crippen LogP contribution is 2.18. The smallest absolute Gasteiger partial charge is 0.254 e. The highest BCUT2D eigenvalue weighted by atomic mass is 16.5. The minimum absolute atomic E-state index is 0.00901. The molecule has 2 aromatic rings. The van der Waals surface area contributed by atoms with E-state index in [-0.39, 0.29) is 17.9 Å². The van der Waals surface area contributed by atoms with E-state index in [1.165, 1.54) is 0 Å². The topological polar surface area (TPSA) is 58.6 Å². The summed E-state index contributed by atoms with van der Waals surface area (Å²) in [7, 11) is 0. The lowest BCUT2D eigenvalue weighted by atomic mass is 10.0. The fourth-order valence-corrected chi connectivity index (χ4v) is 3.26. The van der Waals surface area contributed by atoms with E-state index in [1.54, 1.807) is 35.2 Å². The van der Waals surface area contributed by atoms with Crippen LogP contribution < -0.4 is 5.32 Å². The van der Waals surface area contributed by atoms with Crippen LogP contribution in [0, 0.1) is 0 Å². The first-order chi connectivity index (χ1) is 13.6. The summed E-state index contributed by atoms with van der Waals surface area (Å²) in [5.41, 5.74) is 3.30. The van der Waals surface area contributed by atoms with Crippen molar-refractivity contribution in [3.8, 4) is 0 Å². The van der Waals surface area contributed by atoms with Crippen LogP contribution in [0.15, 0.2) is 60.7 Å². The predicted octanol–water partition coefficient (Wildman–Crippen LogP) is 3.98. The molecule has 5 heteroatoms. The predicted molar refractivity (Wildman–Crippen MR) is 111 cm³/mol. The molecule has 1 atom stereocenters. The molecule has 1 heterocycles. The third kappa shape index (κ3) is 5.08. The molecular weight excluding hydrogens is 352 g/mol. The summed E-state index contributed by atoms with van der Waals surface area (Å²) in [6.07, 6.45) is 2.45. The SMILES string of the molecule is CC/C(=C\C(=O)Nc1ccc(C(=O)N2CCOC(C)C2)cc1)c1ccccc1. The first-order valence-corrected chi connectivity index (χ1v) is 9.64. The van der Waals surface area contributed by atoms with E-state index in [4.69, 9.17) is 4.74 Å². The number of carbonyl (C=O) groups is 2. The summed E-state index contributed by atoms with van der Waals surface area (Å²) in [4.78, 5) is 26.8. The third-order valence-corrected chi connectivity index (χ3v) is 4.76. The Morgan fingerprint density at radius 1 is 1.11 bits per heavy atom. The summed E-state index contributed by atoms with van der Waals surface area (Å²) in [5, 5.41) is 2.87. The zero-order valence-electron chi connectivity index (χ0n) is 16.4. The largest absolute Gasteiger partial charge is 0.375 e. The maximum Gasteiger partial charge on any atom is 0.254 e. The Balaban J connectivity index is 1.64. The van der Waals surface area contributed by atoms with Gasteiger partial charge in [-0.05, 0) is 48.7 Å². The summed E-state index contributed by atoms with van der Waals surface area (Å²) < 4.78 is 5.48. The minimum Gasteiger partial charge on any atom is -0.375 e. The number of ether oxygens (including phenoxy) is 1. The van der Waals surface area contributed by atoms with Crippen LogP contribution in [-0.4, -0.2) is 42.5 Å². The van der Waals surface area contributed by atoms with Crippen LogP contribution in [0.2, 0.25) is 0 Å². The minimum atomic E-state index is -0.179. The molecule has 146 valence electrons. The number of hydrogen-bond acceptors (Lipinski definition) is 3. The van der Waals surface area contributed by atoms with Gasteiger partial charge in [-0.3, -0.25) is 9.59 Å². The van der Waals surface area contributed by atoms with Gasteiger partial charge in [0.15, 0.2) is 0 Å². The van der Waals surface area contributed by atoms with Gasteiger partial charge >= 0.3 is 0 Å². The van der Waals surface area contributed by atoms with E-state index in [0.29, 0.717) is 30.9 Å². The lowest BCUT2D eigenvalue weighted by Gasteiger charge is -2.31. The van der Waals surface area contributed by atoms with Crippen LogP contribution in [0.5, 0.6) is 0 Å². The van der Waals surface area contributed by atoms with Crippen molar-refractivity contribution < 1.29 is 14.3 Å². The zero-order chi connectivity index (χ0) is 19.9. The Morgan fingerprint density at radius 2 is 1.82 bits per heavy atom. The second kappa shape index (κ2) is 9.33. The van der Waals surface area contributed by atoms with Crippen molar-refractivity contribution >= 4 is 23.1 Å². The van der Waals surface area contributed by atoms with Crippen molar-refractivity contribution in [2.45, 2.75) is 26.4 Å². The average Bonchev–Trinajstić information content (AvgIpc) is 2.72. The van der Waals surface area contributed by atoms with Crippen molar-refractivity contribution in [2.75, 3.05) is 25.0 Å². The van der Waals surface area contributed by atoms with E-state index in [0.717, 1.165) is 17.6 Å². The van der Waals surface area contributed by atoms with Crippen LogP contribution in [0.3, 0.4) is 0 Å². The number of hydrogen-bond donors (Lipinski definition) is 1. The molecule has 1 aliphatic rings. The second-order valence-corrected chi connectivity index (χ2v) is 6.89. The van der Waals surface area contributed by atoms with Gasteiger partial charge in [-0.25, -0.2) is 0 Å². The van der Waals surface area contributed by atoms with Gasteiger partial charge in [0, 0.05) is 30.4 Å². The summed E-state index contributed by atoms with van der Waals surface area (Å²) >= 11 is 0. The van der Waals surface area contributed by atoms with Crippen molar-refractivity contribution in [2.24, 2.45) is 0 Å². The summed E-state index contributed by atoms with van der Waals surface area (Å²) in [6.45, 7) is 5.76. The Hall–Kier alpha value is -2.92. The van der Waals surface area contributed by atoms with E-state index < -0.39 is 0 Å². The van der Waals surface area contributed by atoms with Gasteiger partial charge in [0.2, 0.25) is 5.91 Å². The van der Waals surface area contributed by atoms with Gasteiger partial charge in [0.25, 0.3) is 5.91 Å². The molecule has 0 aromatic heterocycles. The Bertz CT molecular complexity index is 844. The Labute approximate surface area is 166 Å². The number of amides is 2. The van der Waals surface area contributed by atoms with Crippen molar-refractivity contribution in [3.63, 3.8) is 0 Å². The van der Waals surface area contributed by atoms with E-state index >= 15 is 0 Å². The fraction of sp³-hybridized carbons (Fsp3) is 0.304. The maximum atomic E-state index is 12.6. The monoisotopic (exact) mass is 378 g/mol. The van der Waals surface area contributed by atoms with Crippen LogP contribution in [0.25, 0.3) is 5.57 Å². The number of morpholine rings is 1. The van der Waals surface area contributed by atoms with Crippen molar-refractivity contribution in [1.82, 2.24) is 4.90 Å². The summed E-state index contributed by atoms with van der Waals surface area (Å²) in [5.74, 6) is -0.188. The van der Waals surface area contributed by atoms with Gasteiger partial charge in [0.1, 0.15) is 0 Å². The molecular formula is C23H26N2O3. The van der Waals surface area contributed by atoms with Gasteiger partial charge in [-0.2, -0.15) is 0 Å². The molecule has 0 radical (unpaired) electrons. The molecule has 0 aliphatic carbocycles. The highest BCUT2D eigenvalue weighted by molar-refractivity contribution is 6.04. The Kier molecular flexibility index (Phi) is 6.61. The molecule has 1 saturated heterocycles. The third-order valence-electron chi connectivity index (χ3n) is 4.76. The van der Waals surface area contributed by atoms with Crippen molar-refractivity contribution in [3.05, 3.63) is 71.8 Å². The number of nitrogens with one attached hydrogen (secondary N) is 1. The number of benzene rings is 2. The zero-order valence-corrected chi connectivity index (χ0v) is 16.4. The molecule has 3 rings (SSSR count). The number of carbonyl (C=O) groups excluding carboxylic acids is 2. The first-order valence-electron chi connectivity index (χ1n) is 9.64. The standard InChI is InChI=1S/C23H26N2O3/c1-3-18(19-7-5-4-6-8-19)15-22(26)24-21-11-9-20(10-12-21)23(27)25-13-14-28-17(2)16-25/h4-12,15,17H,3,13-14,16H2,1-2H3,(H,24,26)/b18-15+. The van der Waals surface area contributed by atoms with Crippen LogP contribution in [0.1, 0.15) is 36.2 Å². The number of rotatable bonds is 5. The number of nitrogens with zero attached hydrogens (tertiary/aromatic N) is 1. The number of allylic oxidation sites excluding steroid dienone is 1. The van der Waals surface area contributed by atoms with Crippen LogP contribution in [0.4, 0.5) is 5.69 Å². The van der Waals surface area contributed by atoms with Crippen molar-refractivity contribution in [1.29, 1.82) is 0 Å². The average molecular weight is 378 g/mol. The first kappa shape index (κ1) is 19.8. The molecule has 2 aromatic carbocycles. The normalized spacial score (nSPS) is 17.3. The van der Waals surface area contributed by atoms with Gasteiger partial charge in [0.05, 0.1) is 12.7 Å². The van der Waals surface area contributed by atoms with E-state index in [9.17, 15) is 9.59 Å². The molecule has 1 N–H and O–H groups in total. The lowest BCUT2D eigenvalue weighted by Crippen LogP contribution is -2.44. The van der Waals surface area contributed by atoms with Crippen LogP contribution in [-0.2, 0) is 9.53 Å². The molecule has 0 bridgehead atoms. The molecule has 1 aliphatic heterocycles. The molecule has 28 heavy (non-hydrogen) atoms. The highest BCUT2D eigenvalue weighted by Gasteiger charge is 2.22. The molecule has 1 unspecified atom stereocenters. The molecule has 2 amide bonds. The van der Waals surface area contributed by atoms with Gasteiger partial charge < -0.3 is 15.0 Å². The molecule has 0 spiro atoms. The van der Waals surface area contributed by atoms with E-state index in [1.807, 2.05) is 44.2 Å². The second-order valence-electron chi connectivity index (χ2n) is 6.89. The molecule has 0 saturated carbocycles. The summed E-state index contributed by atoms with van der Waals surface area (Å²) in [6, 6.07) is 16.9. The van der Waals surface area contributed by atoms with Gasteiger partial charge in [-0.15, -0.1) is 0 Å². The lowest BCUT2D eigenvalue weighted by molar-refractivity contribution is -0.111. The van der Waals surface area contributed by atoms with Gasteiger partial charge in [-0.1, -0.05) is 37.3 Å². The maximum absolute atomic E-state index is 12.6. The quantitative estimate of drug-likeness (QED) is 0.801. The fourth-order valence-electron chi connectivity index (χ4n) is 3.26. The van der Waals surface area contributed by atoms with Crippen LogP contribution >= 0.6 is 0 Å².